The van der Waals surface area contributed by atoms with Gasteiger partial charge in [-0.3, -0.25) is 11.3 Å². The van der Waals surface area contributed by atoms with Crippen LogP contribution in [0.2, 0.25) is 5.02 Å². The minimum atomic E-state index is 0. The SMILES string of the molecule is CCc1ccc2nc(C=Cc3ccc(Cl)cc3)nc(C3CCC(NN)CC3)c2c1.Cl.Cl. The molecule has 0 amide bonds. The molecule has 4 rings (SSSR count). The van der Waals surface area contributed by atoms with Gasteiger partial charge in [-0.15, -0.1) is 24.8 Å². The van der Waals surface area contributed by atoms with Crippen LogP contribution in [0.3, 0.4) is 0 Å². The lowest BCUT2D eigenvalue weighted by molar-refractivity contribution is 0.344. The van der Waals surface area contributed by atoms with Crippen LogP contribution < -0.4 is 11.3 Å². The summed E-state index contributed by atoms with van der Waals surface area (Å²) in [5, 5.41) is 1.93. The molecule has 0 unspecified atom stereocenters. The number of aromatic nitrogens is 2. The molecular formula is C24H29Cl3N4. The Morgan fingerprint density at radius 3 is 2.35 bits per heavy atom. The van der Waals surface area contributed by atoms with Crippen molar-refractivity contribution in [1.29, 1.82) is 0 Å². The van der Waals surface area contributed by atoms with E-state index in [4.69, 9.17) is 27.4 Å². The van der Waals surface area contributed by atoms with Crippen LogP contribution in [0.15, 0.2) is 42.5 Å². The van der Waals surface area contributed by atoms with E-state index in [-0.39, 0.29) is 24.8 Å². The van der Waals surface area contributed by atoms with E-state index < -0.39 is 0 Å². The van der Waals surface area contributed by atoms with Crippen LogP contribution >= 0.6 is 36.4 Å². The van der Waals surface area contributed by atoms with Crippen molar-refractivity contribution in [2.75, 3.05) is 0 Å². The number of hydrogen-bond donors (Lipinski definition) is 2. The van der Waals surface area contributed by atoms with Crippen molar-refractivity contribution < 1.29 is 0 Å². The van der Waals surface area contributed by atoms with Gasteiger partial charge in [-0.2, -0.15) is 0 Å². The Morgan fingerprint density at radius 1 is 1.00 bits per heavy atom. The highest BCUT2D eigenvalue weighted by atomic mass is 35.5. The lowest BCUT2D eigenvalue weighted by Crippen LogP contribution is -2.37. The summed E-state index contributed by atoms with van der Waals surface area (Å²) >= 11 is 5.99. The van der Waals surface area contributed by atoms with Crippen molar-refractivity contribution in [3.05, 3.63) is 70.1 Å². The maximum absolute atomic E-state index is 5.99. The lowest BCUT2D eigenvalue weighted by Gasteiger charge is -2.28. The van der Waals surface area contributed by atoms with Gasteiger partial charge in [-0.1, -0.05) is 42.8 Å². The second kappa shape index (κ2) is 11.8. The maximum Gasteiger partial charge on any atom is 0.152 e. The molecule has 3 aromatic rings. The predicted molar refractivity (Wildman–Crippen MR) is 136 cm³/mol. The number of fused-ring (bicyclic) bond motifs is 1. The molecule has 0 spiro atoms. The first-order valence-corrected chi connectivity index (χ1v) is 10.7. The monoisotopic (exact) mass is 478 g/mol. The molecule has 0 bridgehead atoms. The molecule has 0 saturated heterocycles. The molecule has 2 aromatic carbocycles. The molecule has 1 aromatic heterocycles. The summed E-state index contributed by atoms with van der Waals surface area (Å²) in [5.41, 5.74) is 7.53. The van der Waals surface area contributed by atoms with E-state index in [0.717, 1.165) is 54.0 Å². The summed E-state index contributed by atoms with van der Waals surface area (Å²) < 4.78 is 0. The van der Waals surface area contributed by atoms with Crippen LogP contribution in [0.1, 0.15) is 61.2 Å². The zero-order valence-corrected chi connectivity index (χ0v) is 19.9. The summed E-state index contributed by atoms with van der Waals surface area (Å²) in [6.07, 6.45) is 9.39. The van der Waals surface area contributed by atoms with Gasteiger partial charge in [0.15, 0.2) is 5.82 Å². The molecule has 3 N–H and O–H groups in total. The van der Waals surface area contributed by atoms with E-state index in [1.807, 2.05) is 36.4 Å². The standard InChI is InChI=1S/C24H27ClN4.2ClH/c1-2-16-5-13-22-21(15-16)24(18-7-11-20(29-26)12-8-18)28-23(27-22)14-6-17-3-9-19(25)10-4-17;;/h3-6,9-10,13-15,18,20,29H,2,7-8,11-12,26H2,1H3;2*1H. The Bertz CT molecular complexity index is 1010. The molecule has 0 radical (unpaired) electrons. The van der Waals surface area contributed by atoms with E-state index in [9.17, 15) is 0 Å². The Labute approximate surface area is 201 Å². The topological polar surface area (TPSA) is 63.8 Å². The minimum Gasteiger partial charge on any atom is -0.271 e. The highest BCUT2D eigenvalue weighted by molar-refractivity contribution is 6.30. The van der Waals surface area contributed by atoms with Crippen molar-refractivity contribution in [3.63, 3.8) is 0 Å². The maximum atomic E-state index is 5.99. The smallest absolute Gasteiger partial charge is 0.152 e. The summed E-state index contributed by atoms with van der Waals surface area (Å²) in [6.45, 7) is 2.18. The fraction of sp³-hybridized carbons (Fsp3) is 0.333. The Morgan fingerprint density at radius 2 is 1.71 bits per heavy atom. The average Bonchev–Trinajstić information content (AvgIpc) is 2.78. The molecule has 1 heterocycles. The second-order valence-electron chi connectivity index (χ2n) is 7.77. The van der Waals surface area contributed by atoms with Crippen molar-refractivity contribution in [3.8, 4) is 0 Å². The van der Waals surface area contributed by atoms with Crippen molar-refractivity contribution in [1.82, 2.24) is 15.4 Å². The number of hydrogen-bond acceptors (Lipinski definition) is 4. The second-order valence-corrected chi connectivity index (χ2v) is 8.21. The van der Waals surface area contributed by atoms with Gasteiger partial charge >= 0.3 is 0 Å². The quantitative estimate of drug-likeness (QED) is 0.330. The molecule has 7 heteroatoms. The molecule has 0 aliphatic heterocycles. The first kappa shape index (κ1) is 25.6. The number of benzene rings is 2. The molecule has 1 saturated carbocycles. The molecule has 166 valence electrons. The van der Waals surface area contributed by atoms with Crippen LogP contribution in [0.25, 0.3) is 23.1 Å². The van der Waals surface area contributed by atoms with E-state index in [0.29, 0.717) is 12.0 Å². The Balaban J connectivity index is 0.00000171. The van der Waals surface area contributed by atoms with Gasteiger partial charge in [0.05, 0.1) is 11.2 Å². The molecule has 1 aliphatic carbocycles. The van der Waals surface area contributed by atoms with E-state index in [2.05, 4.69) is 30.5 Å². The lowest BCUT2D eigenvalue weighted by atomic mass is 9.83. The summed E-state index contributed by atoms with van der Waals surface area (Å²) in [4.78, 5) is 9.82. The van der Waals surface area contributed by atoms with Crippen LogP contribution in [0, 0.1) is 0 Å². The average molecular weight is 480 g/mol. The first-order chi connectivity index (χ1) is 14.2. The number of hydrazine groups is 1. The third kappa shape index (κ3) is 6.18. The number of rotatable bonds is 5. The minimum absolute atomic E-state index is 0. The number of halogens is 3. The highest BCUT2D eigenvalue weighted by Crippen LogP contribution is 2.35. The van der Waals surface area contributed by atoms with Gasteiger partial charge in [0.1, 0.15) is 0 Å². The number of nitrogens with zero attached hydrogens (tertiary/aromatic N) is 2. The molecule has 0 atom stereocenters. The largest absolute Gasteiger partial charge is 0.271 e. The van der Waals surface area contributed by atoms with E-state index in [1.165, 1.54) is 16.6 Å². The van der Waals surface area contributed by atoms with Gasteiger partial charge in [-0.25, -0.2) is 9.97 Å². The normalized spacial score (nSPS) is 18.5. The summed E-state index contributed by atoms with van der Waals surface area (Å²) in [5.74, 6) is 6.85. The zero-order chi connectivity index (χ0) is 20.2. The molecule has 1 fully saturated rings. The first-order valence-electron chi connectivity index (χ1n) is 10.4. The predicted octanol–water partition coefficient (Wildman–Crippen LogP) is 6.35. The third-order valence-electron chi connectivity index (χ3n) is 5.86. The van der Waals surface area contributed by atoms with Gasteiger partial charge in [0.25, 0.3) is 0 Å². The Kier molecular flexibility index (Phi) is 9.73. The highest BCUT2D eigenvalue weighted by Gasteiger charge is 2.24. The van der Waals surface area contributed by atoms with E-state index in [1.54, 1.807) is 0 Å². The summed E-state index contributed by atoms with van der Waals surface area (Å²) in [7, 11) is 0. The molecule has 1 aliphatic rings. The van der Waals surface area contributed by atoms with E-state index >= 15 is 0 Å². The van der Waals surface area contributed by atoms with Crippen LogP contribution in [0.5, 0.6) is 0 Å². The van der Waals surface area contributed by atoms with Gasteiger partial charge in [0.2, 0.25) is 0 Å². The molecule has 31 heavy (non-hydrogen) atoms. The zero-order valence-electron chi connectivity index (χ0n) is 17.6. The van der Waals surface area contributed by atoms with Gasteiger partial charge in [-0.05, 0) is 73.6 Å². The van der Waals surface area contributed by atoms with Crippen molar-refractivity contribution >= 4 is 59.5 Å². The van der Waals surface area contributed by atoms with Crippen LogP contribution in [0.4, 0.5) is 0 Å². The van der Waals surface area contributed by atoms with Crippen molar-refractivity contribution in [2.45, 2.75) is 51.0 Å². The fourth-order valence-electron chi connectivity index (χ4n) is 4.10. The van der Waals surface area contributed by atoms with Gasteiger partial charge in [0, 0.05) is 22.4 Å². The number of nitrogens with one attached hydrogen (secondary N) is 1. The van der Waals surface area contributed by atoms with Crippen LogP contribution in [-0.2, 0) is 6.42 Å². The van der Waals surface area contributed by atoms with Gasteiger partial charge < -0.3 is 0 Å². The fourth-order valence-corrected chi connectivity index (χ4v) is 4.23. The van der Waals surface area contributed by atoms with Crippen LogP contribution in [-0.4, -0.2) is 16.0 Å². The third-order valence-corrected chi connectivity index (χ3v) is 6.11. The Hall–Kier alpha value is -1.69. The summed E-state index contributed by atoms with van der Waals surface area (Å²) in [6, 6.07) is 14.8. The number of aryl methyl sites for hydroxylation is 1. The van der Waals surface area contributed by atoms with Crippen molar-refractivity contribution in [2.24, 2.45) is 5.84 Å². The molecular weight excluding hydrogens is 451 g/mol. The molecule has 4 nitrogen and oxygen atoms in total. The number of nitrogens with two attached hydrogens (primary N) is 1.